The van der Waals surface area contributed by atoms with Gasteiger partial charge in [-0.15, -0.1) is 0 Å². The van der Waals surface area contributed by atoms with E-state index in [0.29, 0.717) is 24.6 Å². The SMILES string of the molecule is CC(C)c1noc(CCC(=O)N2CCN(C(C)c3ccccc3Cl)CC2)n1. The topological polar surface area (TPSA) is 62.5 Å². The number of piperazine rings is 1. The molecule has 0 saturated carbocycles. The molecule has 6 nitrogen and oxygen atoms in total. The molecule has 1 fully saturated rings. The maximum atomic E-state index is 12.5. The van der Waals surface area contributed by atoms with Gasteiger partial charge in [0.05, 0.1) is 0 Å². The van der Waals surface area contributed by atoms with E-state index in [9.17, 15) is 4.79 Å². The summed E-state index contributed by atoms with van der Waals surface area (Å²) < 4.78 is 5.22. The molecule has 7 heteroatoms. The van der Waals surface area contributed by atoms with Crippen LogP contribution in [-0.2, 0) is 11.2 Å². The summed E-state index contributed by atoms with van der Waals surface area (Å²) >= 11 is 6.33. The lowest BCUT2D eigenvalue weighted by Gasteiger charge is -2.38. The zero-order chi connectivity index (χ0) is 19.4. The van der Waals surface area contributed by atoms with E-state index in [2.05, 4.69) is 28.0 Å². The molecule has 3 rings (SSSR count). The van der Waals surface area contributed by atoms with E-state index in [-0.39, 0.29) is 17.9 Å². The Kier molecular flexibility index (Phi) is 6.50. The first-order valence-corrected chi connectivity index (χ1v) is 9.92. The standard InChI is InChI=1S/C20H27ClN4O2/c1-14(2)20-22-18(27-23-20)8-9-19(26)25-12-10-24(11-13-25)15(3)16-6-4-5-7-17(16)21/h4-7,14-15H,8-13H2,1-3H3. The average molecular weight is 391 g/mol. The first kappa shape index (κ1) is 19.8. The van der Waals surface area contributed by atoms with E-state index in [1.807, 2.05) is 36.9 Å². The molecule has 2 heterocycles. The van der Waals surface area contributed by atoms with Gasteiger partial charge < -0.3 is 9.42 Å². The number of rotatable bonds is 6. The van der Waals surface area contributed by atoms with E-state index in [1.54, 1.807) is 0 Å². The van der Waals surface area contributed by atoms with Crippen LogP contribution >= 0.6 is 11.6 Å². The maximum Gasteiger partial charge on any atom is 0.227 e. The molecule has 1 aliphatic heterocycles. The Labute approximate surface area is 165 Å². The number of benzene rings is 1. The highest BCUT2D eigenvalue weighted by atomic mass is 35.5. The Morgan fingerprint density at radius 3 is 2.52 bits per heavy atom. The van der Waals surface area contributed by atoms with Crippen LogP contribution in [-0.4, -0.2) is 52.0 Å². The van der Waals surface area contributed by atoms with E-state index < -0.39 is 0 Å². The van der Waals surface area contributed by atoms with Crippen LogP contribution < -0.4 is 0 Å². The molecule has 1 amide bonds. The Bertz CT molecular complexity index is 769. The molecule has 0 bridgehead atoms. The second kappa shape index (κ2) is 8.85. The van der Waals surface area contributed by atoms with Crippen molar-refractivity contribution in [3.63, 3.8) is 0 Å². The monoisotopic (exact) mass is 390 g/mol. The second-order valence-electron chi connectivity index (χ2n) is 7.32. The van der Waals surface area contributed by atoms with Crippen molar-refractivity contribution < 1.29 is 9.32 Å². The summed E-state index contributed by atoms with van der Waals surface area (Å²) in [5.41, 5.74) is 1.14. The Morgan fingerprint density at radius 2 is 1.89 bits per heavy atom. The highest BCUT2D eigenvalue weighted by Crippen LogP contribution is 2.27. The van der Waals surface area contributed by atoms with Gasteiger partial charge in [0.15, 0.2) is 5.82 Å². The number of nitrogens with zero attached hydrogens (tertiary/aromatic N) is 4. The predicted molar refractivity (Wildman–Crippen MR) is 105 cm³/mol. The van der Waals surface area contributed by atoms with Gasteiger partial charge in [0, 0.05) is 56.0 Å². The van der Waals surface area contributed by atoms with Gasteiger partial charge in [0.1, 0.15) is 0 Å². The van der Waals surface area contributed by atoms with Crippen molar-refractivity contribution in [2.45, 2.75) is 45.6 Å². The minimum atomic E-state index is 0.143. The Morgan fingerprint density at radius 1 is 1.19 bits per heavy atom. The lowest BCUT2D eigenvalue weighted by atomic mass is 10.1. The van der Waals surface area contributed by atoms with Crippen LogP contribution in [0.2, 0.25) is 5.02 Å². The van der Waals surface area contributed by atoms with E-state index >= 15 is 0 Å². The maximum absolute atomic E-state index is 12.5. The summed E-state index contributed by atoms with van der Waals surface area (Å²) in [7, 11) is 0. The quantitative estimate of drug-likeness (QED) is 0.752. The van der Waals surface area contributed by atoms with Gasteiger partial charge in [-0.3, -0.25) is 9.69 Å². The first-order chi connectivity index (χ1) is 13.0. The highest BCUT2D eigenvalue weighted by molar-refractivity contribution is 6.31. The minimum Gasteiger partial charge on any atom is -0.340 e. The number of aryl methyl sites for hydroxylation is 1. The third-order valence-corrected chi connectivity index (χ3v) is 5.47. The third kappa shape index (κ3) is 4.87. The van der Waals surface area contributed by atoms with Crippen LogP contribution in [0.3, 0.4) is 0 Å². The van der Waals surface area contributed by atoms with E-state index in [4.69, 9.17) is 16.1 Å². The fraction of sp³-hybridized carbons (Fsp3) is 0.550. The second-order valence-corrected chi connectivity index (χ2v) is 7.72. The Balaban J connectivity index is 1.48. The van der Waals surface area contributed by atoms with Gasteiger partial charge >= 0.3 is 0 Å². The zero-order valence-corrected chi connectivity index (χ0v) is 16.9. The van der Waals surface area contributed by atoms with Crippen LogP contribution in [0.4, 0.5) is 0 Å². The molecule has 0 spiro atoms. The van der Waals surface area contributed by atoms with Gasteiger partial charge in [0.25, 0.3) is 0 Å². The summed E-state index contributed by atoms with van der Waals surface area (Å²) in [5.74, 6) is 1.60. The molecular weight excluding hydrogens is 364 g/mol. The average Bonchev–Trinajstić information content (AvgIpc) is 3.15. The van der Waals surface area contributed by atoms with Gasteiger partial charge in [0.2, 0.25) is 11.8 Å². The van der Waals surface area contributed by atoms with Crippen LogP contribution in [0, 0.1) is 0 Å². The highest BCUT2D eigenvalue weighted by Gasteiger charge is 2.25. The van der Waals surface area contributed by atoms with Crippen LogP contribution in [0.15, 0.2) is 28.8 Å². The number of carbonyl (C=O) groups excluding carboxylic acids is 1. The molecule has 146 valence electrons. The van der Waals surface area contributed by atoms with Gasteiger partial charge in [-0.2, -0.15) is 4.98 Å². The fourth-order valence-corrected chi connectivity index (χ4v) is 3.64. The van der Waals surface area contributed by atoms with Crippen molar-refractivity contribution in [2.24, 2.45) is 0 Å². The normalized spacial score (nSPS) is 16.7. The molecule has 27 heavy (non-hydrogen) atoms. The predicted octanol–water partition coefficient (Wildman–Crippen LogP) is 3.68. The number of amides is 1. The molecule has 2 aromatic rings. The number of hydrogen-bond acceptors (Lipinski definition) is 5. The summed E-state index contributed by atoms with van der Waals surface area (Å²) in [6.45, 7) is 9.35. The largest absolute Gasteiger partial charge is 0.340 e. The number of hydrogen-bond donors (Lipinski definition) is 0. The van der Waals surface area contributed by atoms with Crippen molar-refractivity contribution in [3.05, 3.63) is 46.6 Å². The molecular formula is C20H27ClN4O2. The molecule has 1 aromatic carbocycles. The van der Waals surface area contributed by atoms with Crippen LogP contribution in [0.5, 0.6) is 0 Å². The molecule has 0 N–H and O–H groups in total. The van der Waals surface area contributed by atoms with Gasteiger partial charge in [-0.05, 0) is 18.6 Å². The molecule has 1 unspecified atom stereocenters. The first-order valence-electron chi connectivity index (χ1n) is 9.54. The molecule has 1 atom stereocenters. The molecule has 1 saturated heterocycles. The van der Waals surface area contributed by atoms with E-state index in [0.717, 1.165) is 36.8 Å². The minimum absolute atomic E-state index is 0.143. The van der Waals surface area contributed by atoms with Gasteiger partial charge in [-0.25, -0.2) is 0 Å². The van der Waals surface area contributed by atoms with Crippen LogP contribution in [0.1, 0.15) is 56.4 Å². The lowest BCUT2D eigenvalue weighted by Crippen LogP contribution is -2.49. The van der Waals surface area contributed by atoms with Crippen LogP contribution in [0.25, 0.3) is 0 Å². The summed E-state index contributed by atoms with van der Waals surface area (Å²) in [5, 5.41) is 4.74. The van der Waals surface area contributed by atoms with E-state index in [1.165, 1.54) is 0 Å². The lowest BCUT2D eigenvalue weighted by molar-refractivity contribution is -0.133. The number of carbonyl (C=O) groups is 1. The summed E-state index contributed by atoms with van der Waals surface area (Å²) in [6, 6.07) is 8.20. The van der Waals surface area contributed by atoms with Crippen molar-refractivity contribution >= 4 is 17.5 Å². The van der Waals surface area contributed by atoms with Gasteiger partial charge in [-0.1, -0.05) is 48.8 Å². The molecule has 1 aromatic heterocycles. The summed E-state index contributed by atoms with van der Waals surface area (Å²) in [6.07, 6.45) is 0.897. The van der Waals surface area contributed by atoms with Crippen molar-refractivity contribution in [2.75, 3.05) is 26.2 Å². The molecule has 1 aliphatic rings. The fourth-order valence-electron chi connectivity index (χ4n) is 3.35. The smallest absolute Gasteiger partial charge is 0.227 e. The molecule has 0 aliphatic carbocycles. The van der Waals surface area contributed by atoms with Crippen molar-refractivity contribution in [1.29, 1.82) is 0 Å². The number of aromatic nitrogens is 2. The Hall–Kier alpha value is -1.92. The molecule has 0 radical (unpaired) electrons. The number of halogens is 1. The van der Waals surface area contributed by atoms with Crippen molar-refractivity contribution in [3.8, 4) is 0 Å². The van der Waals surface area contributed by atoms with Crippen molar-refractivity contribution in [1.82, 2.24) is 19.9 Å². The zero-order valence-electron chi connectivity index (χ0n) is 16.2. The third-order valence-electron chi connectivity index (χ3n) is 5.12. The summed E-state index contributed by atoms with van der Waals surface area (Å²) in [4.78, 5) is 21.1.